The molecule has 12 heavy (non-hydrogen) atoms. The van der Waals surface area contributed by atoms with E-state index in [1.165, 1.54) is 0 Å². The molecule has 5 heteroatoms. The van der Waals surface area contributed by atoms with Crippen molar-refractivity contribution in [2.75, 3.05) is 0 Å². The van der Waals surface area contributed by atoms with Crippen LogP contribution in [0.4, 0.5) is 0 Å². The predicted molar refractivity (Wildman–Crippen MR) is 39.5 cm³/mol. The Labute approximate surface area is 67.4 Å². The van der Waals surface area contributed by atoms with E-state index in [-0.39, 0.29) is 5.69 Å². The zero-order valence-corrected chi connectivity index (χ0v) is 6.02. The third kappa shape index (κ3) is 1.01. The van der Waals surface area contributed by atoms with Gasteiger partial charge in [-0.05, 0) is 0 Å². The van der Waals surface area contributed by atoms with Crippen molar-refractivity contribution in [3.8, 4) is 11.3 Å². The van der Waals surface area contributed by atoms with Crippen LogP contribution < -0.4 is 0 Å². The topological polar surface area (TPSA) is 71.8 Å². The van der Waals surface area contributed by atoms with Crippen LogP contribution in [-0.2, 0) is 0 Å². The molecule has 0 saturated heterocycles. The highest BCUT2D eigenvalue weighted by Crippen LogP contribution is 2.17. The maximum absolute atomic E-state index is 10.2. The van der Waals surface area contributed by atoms with Crippen molar-refractivity contribution < 1.29 is 9.32 Å². The van der Waals surface area contributed by atoms with E-state index < -0.39 is 0 Å². The summed E-state index contributed by atoms with van der Waals surface area (Å²) >= 11 is 0. The highest BCUT2D eigenvalue weighted by molar-refractivity contribution is 5.74. The van der Waals surface area contributed by atoms with Gasteiger partial charge in [0.1, 0.15) is 5.69 Å². The second kappa shape index (κ2) is 2.61. The Morgan fingerprint density at radius 3 is 3.08 bits per heavy atom. The van der Waals surface area contributed by atoms with E-state index in [4.69, 9.17) is 4.52 Å². The van der Waals surface area contributed by atoms with Crippen molar-refractivity contribution in [3.63, 3.8) is 0 Å². The Morgan fingerprint density at radius 2 is 2.50 bits per heavy atom. The van der Waals surface area contributed by atoms with Crippen LogP contribution in [0.5, 0.6) is 0 Å². The summed E-state index contributed by atoms with van der Waals surface area (Å²) in [6, 6.07) is 1.55. The maximum Gasteiger partial charge on any atom is 0.171 e. The molecule has 60 valence electrons. The van der Waals surface area contributed by atoms with E-state index in [9.17, 15) is 4.79 Å². The second-order valence-electron chi connectivity index (χ2n) is 2.22. The summed E-state index contributed by atoms with van der Waals surface area (Å²) in [5.74, 6) is 0.533. The first kappa shape index (κ1) is 6.78. The fourth-order valence-corrected chi connectivity index (χ4v) is 0.866. The van der Waals surface area contributed by atoms with Gasteiger partial charge in [0.25, 0.3) is 0 Å². The first-order valence-corrected chi connectivity index (χ1v) is 3.31. The standard InChI is InChI=1S/C7H5N3O2/c11-4-6-1-7(12-10-6)5-2-8-9-3-5/h1-4H,(H,8,9). The molecule has 0 unspecified atom stereocenters. The molecule has 2 aromatic rings. The number of carbonyl (C=O) groups excluding carboxylic acids is 1. The smallest absolute Gasteiger partial charge is 0.171 e. The van der Waals surface area contributed by atoms with Crippen LogP contribution in [0.15, 0.2) is 23.0 Å². The number of aromatic nitrogens is 3. The van der Waals surface area contributed by atoms with Crippen LogP contribution in [0.25, 0.3) is 11.3 Å². The van der Waals surface area contributed by atoms with Gasteiger partial charge in [-0.2, -0.15) is 5.10 Å². The molecule has 0 aliphatic rings. The van der Waals surface area contributed by atoms with E-state index in [0.717, 1.165) is 5.56 Å². The summed E-state index contributed by atoms with van der Waals surface area (Å²) < 4.78 is 4.86. The lowest BCUT2D eigenvalue weighted by molar-refractivity contribution is 0.111. The molecule has 2 rings (SSSR count). The van der Waals surface area contributed by atoms with Gasteiger partial charge in [-0.1, -0.05) is 5.16 Å². The molecule has 0 amide bonds. The number of aromatic amines is 1. The van der Waals surface area contributed by atoms with Gasteiger partial charge in [0.15, 0.2) is 12.0 Å². The van der Waals surface area contributed by atoms with Gasteiger partial charge in [-0.15, -0.1) is 0 Å². The van der Waals surface area contributed by atoms with E-state index in [1.807, 2.05) is 0 Å². The largest absolute Gasteiger partial charge is 0.355 e. The summed E-state index contributed by atoms with van der Waals surface area (Å²) in [6.07, 6.45) is 3.89. The van der Waals surface area contributed by atoms with Crippen molar-refractivity contribution in [1.29, 1.82) is 0 Å². The van der Waals surface area contributed by atoms with Crippen molar-refractivity contribution in [2.45, 2.75) is 0 Å². The molecule has 0 aromatic carbocycles. The van der Waals surface area contributed by atoms with Crippen LogP contribution >= 0.6 is 0 Å². The predicted octanol–water partition coefficient (Wildman–Crippen LogP) is 0.877. The molecular weight excluding hydrogens is 158 g/mol. The first-order valence-electron chi connectivity index (χ1n) is 3.31. The number of hydrogen-bond donors (Lipinski definition) is 1. The summed E-state index contributed by atoms with van der Waals surface area (Å²) in [5, 5.41) is 9.87. The zero-order chi connectivity index (χ0) is 8.39. The number of H-pyrrole nitrogens is 1. The molecule has 0 aliphatic carbocycles. The maximum atomic E-state index is 10.2. The van der Waals surface area contributed by atoms with Crippen LogP contribution in [0.1, 0.15) is 10.5 Å². The van der Waals surface area contributed by atoms with Gasteiger partial charge in [-0.3, -0.25) is 9.89 Å². The lowest BCUT2D eigenvalue weighted by Gasteiger charge is -1.81. The molecule has 0 atom stereocenters. The molecule has 0 bridgehead atoms. The lowest BCUT2D eigenvalue weighted by atomic mass is 10.2. The van der Waals surface area contributed by atoms with Gasteiger partial charge in [0.05, 0.1) is 11.8 Å². The number of nitrogens with zero attached hydrogens (tertiary/aromatic N) is 2. The second-order valence-corrected chi connectivity index (χ2v) is 2.22. The Morgan fingerprint density at radius 1 is 1.58 bits per heavy atom. The molecule has 0 aliphatic heterocycles. The Kier molecular flexibility index (Phi) is 1.48. The summed E-state index contributed by atoms with van der Waals surface area (Å²) in [7, 11) is 0. The molecule has 0 fully saturated rings. The highest BCUT2D eigenvalue weighted by Gasteiger charge is 2.05. The van der Waals surface area contributed by atoms with Crippen molar-refractivity contribution in [3.05, 3.63) is 24.2 Å². The number of aldehydes is 1. The number of carbonyl (C=O) groups is 1. The minimum atomic E-state index is 0.284. The molecule has 0 saturated carbocycles. The monoisotopic (exact) mass is 163 g/mol. The normalized spacial score (nSPS) is 10.0. The van der Waals surface area contributed by atoms with Crippen LogP contribution in [0.2, 0.25) is 0 Å². The Hall–Kier alpha value is -1.91. The van der Waals surface area contributed by atoms with Crippen molar-refractivity contribution >= 4 is 6.29 Å². The third-order valence-electron chi connectivity index (χ3n) is 1.43. The molecule has 2 heterocycles. The molecule has 1 N–H and O–H groups in total. The van der Waals surface area contributed by atoms with Gasteiger partial charge < -0.3 is 4.52 Å². The van der Waals surface area contributed by atoms with Gasteiger partial charge >= 0.3 is 0 Å². The van der Waals surface area contributed by atoms with E-state index >= 15 is 0 Å². The minimum absolute atomic E-state index is 0.284. The SMILES string of the molecule is O=Cc1cc(-c2cn[nH]c2)on1. The number of nitrogens with one attached hydrogen (secondary N) is 1. The number of rotatable bonds is 2. The lowest BCUT2D eigenvalue weighted by Crippen LogP contribution is -1.72. The molecule has 0 radical (unpaired) electrons. The molecule has 0 spiro atoms. The van der Waals surface area contributed by atoms with Crippen LogP contribution in [-0.4, -0.2) is 21.6 Å². The molecular formula is C7H5N3O2. The van der Waals surface area contributed by atoms with E-state index in [2.05, 4.69) is 15.4 Å². The third-order valence-corrected chi connectivity index (χ3v) is 1.43. The zero-order valence-electron chi connectivity index (χ0n) is 6.02. The molecule has 5 nitrogen and oxygen atoms in total. The average Bonchev–Trinajstić information content (AvgIpc) is 2.75. The first-order chi connectivity index (χ1) is 5.90. The van der Waals surface area contributed by atoms with Gasteiger partial charge in [0, 0.05) is 12.3 Å². The fraction of sp³-hybridized carbons (Fsp3) is 0. The minimum Gasteiger partial charge on any atom is -0.355 e. The van der Waals surface area contributed by atoms with Gasteiger partial charge in [-0.25, -0.2) is 0 Å². The van der Waals surface area contributed by atoms with Crippen LogP contribution in [0.3, 0.4) is 0 Å². The Bertz CT molecular complexity index is 377. The van der Waals surface area contributed by atoms with E-state index in [1.54, 1.807) is 18.5 Å². The van der Waals surface area contributed by atoms with Crippen molar-refractivity contribution in [1.82, 2.24) is 15.4 Å². The Balaban J connectivity index is 2.41. The molecule has 2 aromatic heterocycles. The fourth-order valence-electron chi connectivity index (χ4n) is 0.866. The van der Waals surface area contributed by atoms with Crippen LogP contribution in [0, 0.1) is 0 Å². The highest BCUT2D eigenvalue weighted by atomic mass is 16.5. The summed E-state index contributed by atoms with van der Waals surface area (Å²) in [4.78, 5) is 10.2. The van der Waals surface area contributed by atoms with Gasteiger partial charge in [0.2, 0.25) is 0 Å². The van der Waals surface area contributed by atoms with Crippen molar-refractivity contribution in [2.24, 2.45) is 0 Å². The van der Waals surface area contributed by atoms with E-state index in [0.29, 0.717) is 12.0 Å². The quantitative estimate of drug-likeness (QED) is 0.667. The number of hydrogen-bond acceptors (Lipinski definition) is 4. The average molecular weight is 163 g/mol. The summed E-state index contributed by atoms with van der Waals surface area (Å²) in [6.45, 7) is 0. The summed E-state index contributed by atoms with van der Waals surface area (Å²) in [5.41, 5.74) is 1.06.